The van der Waals surface area contributed by atoms with E-state index in [1.807, 2.05) is 54.6 Å². The van der Waals surface area contributed by atoms with E-state index >= 15 is 0 Å². The molecule has 0 aliphatic heterocycles. The Morgan fingerprint density at radius 3 is 2.71 bits per heavy atom. The zero-order valence-corrected chi connectivity index (χ0v) is 14.6. The van der Waals surface area contributed by atoms with Gasteiger partial charge in [-0.05, 0) is 56.5 Å². The number of rotatable bonds is 4. The van der Waals surface area contributed by atoms with E-state index in [-0.39, 0.29) is 5.91 Å². The molecular weight excluding hydrogens is 368 g/mol. The largest absolute Gasteiger partial charge is 0.496 e. The van der Waals surface area contributed by atoms with Gasteiger partial charge < -0.3 is 4.74 Å². The Hall–Kier alpha value is -2.66. The Labute approximate surface area is 148 Å². The minimum absolute atomic E-state index is 0.240. The van der Waals surface area contributed by atoms with Crippen LogP contribution in [0, 0.1) is 0 Å². The van der Waals surface area contributed by atoms with Crippen LogP contribution in [0.3, 0.4) is 0 Å². The number of nitrogens with one attached hydrogen (secondary N) is 1. The van der Waals surface area contributed by atoms with Crippen LogP contribution in [0.25, 0.3) is 10.8 Å². The number of ether oxygens (including phenoxy) is 1. The Balaban J connectivity index is 1.76. The van der Waals surface area contributed by atoms with Crippen LogP contribution in [-0.2, 0) is 0 Å². The first kappa shape index (κ1) is 16.2. The molecule has 0 atom stereocenters. The summed E-state index contributed by atoms with van der Waals surface area (Å²) >= 11 is 3.42. The van der Waals surface area contributed by atoms with Crippen molar-refractivity contribution in [2.45, 2.75) is 0 Å². The second-order valence-electron chi connectivity index (χ2n) is 5.12. The van der Waals surface area contributed by atoms with Crippen LogP contribution in [0.2, 0.25) is 0 Å². The third-order valence-corrected chi connectivity index (χ3v) is 4.21. The molecule has 0 aliphatic carbocycles. The molecule has 0 bridgehead atoms. The monoisotopic (exact) mass is 382 g/mol. The molecule has 1 N–H and O–H groups in total. The third kappa shape index (κ3) is 3.46. The molecule has 0 fully saturated rings. The summed E-state index contributed by atoms with van der Waals surface area (Å²) in [4.78, 5) is 12.4. The summed E-state index contributed by atoms with van der Waals surface area (Å²) in [5, 5.41) is 5.96. The summed E-state index contributed by atoms with van der Waals surface area (Å²) in [5.74, 6) is 0.502. The van der Waals surface area contributed by atoms with Crippen LogP contribution in [0.4, 0.5) is 0 Å². The number of hydrogen-bond donors (Lipinski definition) is 1. The van der Waals surface area contributed by atoms with Crippen LogP contribution < -0.4 is 10.2 Å². The van der Waals surface area contributed by atoms with Crippen molar-refractivity contribution >= 4 is 38.8 Å². The maximum absolute atomic E-state index is 12.4. The van der Waals surface area contributed by atoms with E-state index in [0.717, 1.165) is 26.6 Å². The molecule has 3 rings (SSSR count). The molecule has 3 aromatic carbocycles. The molecule has 24 heavy (non-hydrogen) atoms. The maximum Gasteiger partial charge on any atom is 0.271 e. The Bertz CT molecular complexity index is 917. The van der Waals surface area contributed by atoms with Crippen molar-refractivity contribution in [3.63, 3.8) is 0 Å². The first-order chi connectivity index (χ1) is 11.7. The Kier molecular flexibility index (Phi) is 4.91. The first-order valence-electron chi connectivity index (χ1n) is 7.34. The Morgan fingerprint density at radius 2 is 1.92 bits per heavy atom. The fourth-order valence-electron chi connectivity index (χ4n) is 2.41. The summed E-state index contributed by atoms with van der Waals surface area (Å²) in [6, 6.07) is 18.9. The van der Waals surface area contributed by atoms with Gasteiger partial charge in [0, 0.05) is 5.56 Å². The molecule has 4 nitrogen and oxygen atoms in total. The predicted octanol–water partition coefficient (Wildman–Crippen LogP) is 4.37. The number of amides is 1. The number of halogens is 1. The summed E-state index contributed by atoms with van der Waals surface area (Å²) in [5.41, 5.74) is 4.02. The van der Waals surface area contributed by atoms with E-state index < -0.39 is 0 Å². The number of carbonyl (C=O) groups is 1. The standard InChI is InChI=1S/C19H15BrN2O2/c1-24-18-10-9-13(11-17(18)20)12-21-22-19(23)16-8-4-6-14-5-2-3-7-15(14)16/h2-12H,1H3,(H,22,23)/b21-12-. The van der Waals surface area contributed by atoms with Gasteiger partial charge in [0.15, 0.2) is 0 Å². The van der Waals surface area contributed by atoms with Gasteiger partial charge in [-0.25, -0.2) is 5.43 Å². The Morgan fingerprint density at radius 1 is 1.12 bits per heavy atom. The lowest BCUT2D eigenvalue weighted by Crippen LogP contribution is -2.17. The van der Waals surface area contributed by atoms with Crippen LogP contribution in [0.1, 0.15) is 15.9 Å². The zero-order chi connectivity index (χ0) is 16.9. The van der Waals surface area contributed by atoms with E-state index in [9.17, 15) is 4.79 Å². The predicted molar refractivity (Wildman–Crippen MR) is 99.7 cm³/mol. The molecule has 1 amide bonds. The van der Waals surface area contributed by atoms with Crippen LogP contribution in [0.15, 0.2) is 70.2 Å². The number of fused-ring (bicyclic) bond motifs is 1. The quantitative estimate of drug-likeness (QED) is 0.537. The molecule has 0 saturated carbocycles. The highest BCUT2D eigenvalue weighted by Crippen LogP contribution is 2.24. The maximum atomic E-state index is 12.4. The van der Waals surface area contributed by atoms with Crippen molar-refractivity contribution < 1.29 is 9.53 Å². The van der Waals surface area contributed by atoms with E-state index in [1.54, 1.807) is 19.4 Å². The van der Waals surface area contributed by atoms with Gasteiger partial charge in [0.1, 0.15) is 5.75 Å². The minimum atomic E-state index is -0.240. The van der Waals surface area contributed by atoms with Crippen LogP contribution >= 0.6 is 15.9 Å². The van der Waals surface area contributed by atoms with Gasteiger partial charge in [0.2, 0.25) is 0 Å². The van der Waals surface area contributed by atoms with Crippen molar-refractivity contribution in [3.8, 4) is 5.75 Å². The number of carbonyl (C=O) groups excluding carboxylic acids is 1. The molecule has 120 valence electrons. The molecular formula is C19H15BrN2O2. The lowest BCUT2D eigenvalue weighted by molar-refractivity contribution is 0.0957. The molecule has 0 spiro atoms. The smallest absolute Gasteiger partial charge is 0.271 e. The highest BCUT2D eigenvalue weighted by molar-refractivity contribution is 9.10. The van der Waals surface area contributed by atoms with Crippen molar-refractivity contribution in [2.24, 2.45) is 5.10 Å². The molecule has 0 aromatic heterocycles. The van der Waals surface area contributed by atoms with Gasteiger partial charge in [-0.15, -0.1) is 0 Å². The fourth-order valence-corrected chi connectivity index (χ4v) is 2.97. The molecule has 0 aliphatic rings. The first-order valence-corrected chi connectivity index (χ1v) is 8.13. The molecule has 0 saturated heterocycles. The van der Waals surface area contributed by atoms with Crippen LogP contribution in [-0.4, -0.2) is 19.2 Å². The summed E-state index contributed by atoms with van der Waals surface area (Å²) in [6.45, 7) is 0. The van der Waals surface area contributed by atoms with Crippen molar-refractivity contribution in [2.75, 3.05) is 7.11 Å². The molecule has 0 radical (unpaired) electrons. The van der Waals surface area contributed by atoms with Gasteiger partial charge in [-0.2, -0.15) is 5.10 Å². The lowest BCUT2D eigenvalue weighted by atomic mass is 10.0. The number of hydrazone groups is 1. The zero-order valence-electron chi connectivity index (χ0n) is 13.0. The van der Waals surface area contributed by atoms with Crippen molar-refractivity contribution in [1.82, 2.24) is 5.43 Å². The second-order valence-corrected chi connectivity index (χ2v) is 5.97. The summed E-state index contributed by atoms with van der Waals surface area (Å²) < 4.78 is 6.01. The summed E-state index contributed by atoms with van der Waals surface area (Å²) in [6.07, 6.45) is 1.59. The van der Waals surface area contributed by atoms with Gasteiger partial charge in [0.25, 0.3) is 5.91 Å². The fraction of sp³-hybridized carbons (Fsp3) is 0.0526. The minimum Gasteiger partial charge on any atom is -0.496 e. The van der Waals surface area contributed by atoms with Crippen molar-refractivity contribution in [1.29, 1.82) is 0 Å². The average molecular weight is 383 g/mol. The third-order valence-electron chi connectivity index (χ3n) is 3.59. The van der Waals surface area contributed by atoms with Gasteiger partial charge in [-0.3, -0.25) is 4.79 Å². The number of nitrogens with zero attached hydrogens (tertiary/aromatic N) is 1. The normalized spacial score (nSPS) is 10.9. The number of methoxy groups -OCH3 is 1. The van der Waals surface area contributed by atoms with Gasteiger partial charge in [-0.1, -0.05) is 36.4 Å². The average Bonchev–Trinajstić information content (AvgIpc) is 2.61. The van der Waals surface area contributed by atoms with E-state index in [4.69, 9.17) is 4.74 Å². The van der Waals surface area contributed by atoms with Crippen molar-refractivity contribution in [3.05, 3.63) is 76.3 Å². The lowest BCUT2D eigenvalue weighted by Gasteiger charge is -2.05. The molecule has 5 heteroatoms. The van der Waals surface area contributed by atoms with Gasteiger partial charge >= 0.3 is 0 Å². The van der Waals surface area contributed by atoms with E-state index in [0.29, 0.717) is 5.56 Å². The van der Waals surface area contributed by atoms with E-state index in [2.05, 4.69) is 26.5 Å². The van der Waals surface area contributed by atoms with Gasteiger partial charge in [0.05, 0.1) is 17.8 Å². The number of benzene rings is 3. The SMILES string of the molecule is COc1ccc(/C=N\NC(=O)c2cccc3ccccc23)cc1Br. The summed E-state index contributed by atoms with van der Waals surface area (Å²) in [7, 11) is 1.61. The molecule has 0 heterocycles. The van der Waals surface area contributed by atoms with E-state index in [1.165, 1.54) is 0 Å². The molecule has 3 aromatic rings. The topological polar surface area (TPSA) is 50.7 Å². The number of hydrogen-bond acceptors (Lipinski definition) is 3. The highest BCUT2D eigenvalue weighted by Gasteiger charge is 2.08. The van der Waals surface area contributed by atoms with Crippen LogP contribution in [0.5, 0.6) is 5.75 Å². The molecule has 0 unspecified atom stereocenters. The highest BCUT2D eigenvalue weighted by atomic mass is 79.9. The second kappa shape index (κ2) is 7.27.